The molecule has 6 nitrogen and oxygen atoms in total. The third-order valence-corrected chi connectivity index (χ3v) is 3.90. The van der Waals surface area contributed by atoms with Crippen molar-refractivity contribution in [2.24, 2.45) is 0 Å². The lowest BCUT2D eigenvalue weighted by Gasteiger charge is -2.08. The Morgan fingerprint density at radius 1 is 1.30 bits per heavy atom. The van der Waals surface area contributed by atoms with Crippen LogP contribution in [-0.4, -0.2) is 39.7 Å². The third kappa shape index (κ3) is 6.12. The fourth-order valence-electron chi connectivity index (χ4n) is 1.30. The number of halogens is 1. The second-order valence-electron chi connectivity index (χ2n) is 3.85. The number of nitrogens with one attached hydrogen (secondary N) is 1. The fourth-order valence-corrected chi connectivity index (χ4v) is 2.71. The molecule has 8 heteroatoms. The van der Waals surface area contributed by atoms with E-state index in [4.69, 9.17) is 16.3 Å². The van der Waals surface area contributed by atoms with E-state index in [1.165, 1.54) is 7.11 Å². The van der Waals surface area contributed by atoms with Gasteiger partial charge in [-0.25, -0.2) is 13.2 Å². The molecular weight excluding hydrogens is 306 g/mol. The van der Waals surface area contributed by atoms with Gasteiger partial charge in [-0.05, 0) is 30.7 Å². The highest BCUT2D eigenvalue weighted by atomic mass is 35.5. The smallest absolute Gasteiger partial charge is 0.343 e. The summed E-state index contributed by atoms with van der Waals surface area (Å²) < 4.78 is 35.3. The normalized spacial score (nSPS) is 10.9. The summed E-state index contributed by atoms with van der Waals surface area (Å²) in [5, 5.41) is 0. The van der Waals surface area contributed by atoms with Crippen LogP contribution in [0.2, 0.25) is 0 Å². The highest BCUT2D eigenvalue weighted by Crippen LogP contribution is 2.17. The number of anilines is 1. The van der Waals surface area contributed by atoms with Crippen molar-refractivity contribution in [2.75, 3.05) is 30.1 Å². The molecule has 0 heterocycles. The van der Waals surface area contributed by atoms with E-state index in [-0.39, 0.29) is 12.4 Å². The van der Waals surface area contributed by atoms with E-state index in [0.29, 0.717) is 23.7 Å². The van der Waals surface area contributed by atoms with Crippen LogP contribution in [0.15, 0.2) is 24.3 Å². The van der Waals surface area contributed by atoms with Crippen molar-refractivity contribution < 1.29 is 22.7 Å². The molecule has 1 aromatic rings. The van der Waals surface area contributed by atoms with E-state index >= 15 is 0 Å². The molecule has 20 heavy (non-hydrogen) atoms. The predicted octanol–water partition coefficient (Wildman–Crippen LogP) is 1.61. The molecule has 0 saturated heterocycles. The molecule has 0 atom stereocenters. The summed E-state index contributed by atoms with van der Waals surface area (Å²) in [4.78, 5) is 10.9. The number of alkyl halides is 1. The molecule has 112 valence electrons. The molecule has 0 aromatic heterocycles. The van der Waals surface area contributed by atoms with Gasteiger partial charge >= 0.3 is 5.97 Å². The van der Waals surface area contributed by atoms with Gasteiger partial charge in [-0.1, -0.05) is 0 Å². The molecule has 1 aromatic carbocycles. The Balaban J connectivity index is 2.56. The van der Waals surface area contributed by atoms with Gasteiger partial charge in [0, 0.05) is 11.6 Å². The van der Waals surface area contributed by atoms with E-state index in [0.717, 1.165) is 0 Å². The molecular formula is C12H16ClNO5S. The SMILES string of the molecule is COC(=O)COc1ccc(NS(=O)(=O)CCCCl)cc1. The summed E-state index contributed by atoms with van der Waals surface area (Å²) in [5.74, 6) is 0.216. The van der Waals surface area contributed by atoms with Crippen molar-refractivity contribution >= 4 is 33.3 Å². The Labute approximate surface area is 123 Å². The van der Waals surface area contributed by atoms with Gasteiger partial charge < -0.3 is 9.47 Å². The lowest BCUT2D eigenvalue weighted by Crippen LogP contribution is -2.17. The largest absolute Gasteiger partial charge is 0.482 e. The molecule has 0 spiro atoms. The Bertz CT molecular complexity index is 529. The van der Waals surface area contributed by atoms with Gasteiger partial charge in [-0.3, -0.25) is 4.72 Å². The molecule has 0 radical (unpaired) electrons. The molecule has 0 aliphatic rings. The van der Waals surface area contributed by atoms with Gasteiger partial charge in [0.1, 0.15) is 5.75 Å². The molecule has 0 unspecified atom stereocenters. The molecule has 0 fully saturated rings. The van der Waals surface area contributed by atoms with E-state index in [1.807, 2.05) is 0 Å². The Morgan fingerprint density at radius 3 is 2.50 bits per heavy atom. The summed E-state index contributed by atoms with van der Waals surface area (Å²) in [5.41, 5.74) is 0.421. The Kier molecular flexibility index (Phi) is 6.60. The zero-order chi connectivity index (χ0) is 15.0. The molecule has 0 aliphatic heterocycles. The van der Waals surface area contributed by atoms with Crippen LogP contribution in [0.3, 0.4) is 0 Å². The number of benzene rings is 1. The van der Waals surface area contributed by atoms with E-state index in [2.05, 4.69) is 9.46 Å². The predicted molar refractivity (Wildman–Crippen MR) is 76.7 cm³/mol. The van der Waals surface area contributed by atoms with Crippen LogP contribution in [0.1, 0.15) is 6.42 Å². The number of esters is 1. The van der Waals surface area contributed by atoms with E-state index < -0.39 is 16.0 Å². The van der Waals surface area contributed by atoms with Crippen molar-refractivity contribution in [3.8, 4) is 5.75 Å². The third-order valence-electron chi connectivity index (χ3n) is 2.26. The first-order chi connectivity index (χ1) is 9.46. The van der Waals surface area contributed by atoms with Crippen LogP contribution >= 0.6 is 11.6 Å². The van der Waals surface area contributed by atoms with E-state index in [1.54, 1.807) is 24.3 Å². The maximum atomic E-state index is 11.6. The summed E-state index contributed by atoms with van der Waals surface area (Å²) in [6.07, 6.45) is 0.386. The summed E-state index contributed by atoms with van der Waals surface area (Å²) in [6, 6.07) is 6.21. The summed E-state index contributed by atoms with van der Waals surface area (Å²) in [7, 11) is -2.12. The molecule has 0 aliphatic carbocycles. The Morgan fingerprint density at radius 2 is 1.95 bits per heavy atom. The first-order valence-corrected chi connectivity index (χ1v) is 8.01. The van der Waals surface area contributed by atoms with Gasteiger partial charge in [0.2, 0.25) is 10.0 Å². The highest BCUT2D eigenvalue weighted by molar-refractivity contribution is 7.92. The van der Waals surface area contributed by atoms with Crippen molar-refractivity contribution in [3.05, 3.63) is 24.3 Å². The topological polar surface area (TPSA) is 81.7 Å². The summed E-state index contributed by atoms with van der Waals surface area (Å²) >= 11 is 5.46. The van der Waals surface area contributed by atoms with Crippen molar-refractivity contribution in [1.82, 2.24) is 0 Å². The zero-order valence-corrected chi connectivity index (χ0v) is 12.5. The molecule has 0 saturated carbocycles. The van der Waals surface area contributed by atoms with Crippen LogP contribution < -0.4 is 9.46 Å². The monoisotopic (exact) mass is 321 g/mol. The van der Waals surface area contributed by atoms with Gasteiger partial charge in [0.25, 0.3) is 0 Å². The molecule has 0 bridgehead atoms. The quantitative estimate of drug-likeness (QED) is 0.581. The maximum absolute atomic E-state index is 11.6. The number of hydrogen-bond donors (Lipinski definition) is 1. The number of ether oxygens (including phenoxy) is 2. The number of hydrogen-bond acceptors (Lipinski definition) is 5. The molecule has 1 N–H and O–H groups in total. The number of carbonyl (C=O) groups is 1. The first kappa shape index (κ1) is 16.6. The van der Waals surface area contributed by atoms with Crippen LogP contribution in [0.25, 0.3) is 0 Å². The van der Waals surface area contributed by atoms with Crippen LogP contribution in [0.4, 0.5) is 5.69 Å². The average Bonchev–Trinajstić information content (AvgIpc) is 2.43. The second kappa shape index (κ2) is 7.96. The number of methoxy groups -OCH3 is 1. The van der Waals surface area contributed by atoms with Gasteiger partial charge in [-0.2, -0.15) is 0 Å². The van der Waals surface area contributed by atoms with Crippen LogP contribution in [0.5, 0.6) is 5.75 Å². The van der Waals surface area contributed by atoms with E-state index in [9.17, 15) is 13.2 Å². The highest BCUT2D eigenvalue weighted by Gasteiger charge is 2.09. The van der Waals surface area contributed by atoms with Crippen molar-refractivity contribution in [3.63, 3.8) is 0 Å². The standard InChI is InChI=1S/C12H16ClNO5S/c1-18-12(15)9-19-11-5-3-10(4-6-11)14-20(16,17)8-2-7-13/h3-6,14H,2,7-9H2,1H3. The summed E-state index contributed by atoms with van der Waals surface area (Å²) in [6.45, 7) is -0.197. The minimum absolute atomic E-state index is 0.0307. The lowest BCUT2D eigenvalue weighted by molar-refractivity contribution is -0.142. The maximum Gasteiger partial charge on any atom is 0.343 e. The number of carbonyl (C=O) groups excluding carboxylic acids is 1. The van der Waals surface area contributed by atoms with Gasteiger partial charge in [0.05, 0.1) is 12.9 Å². The zero-order valence-electron chi connectivity index (χ0n) is 11.0. The molecule has 1 rings (SSSR count). The lowest BCUT2D eigenvalue weighted by atomic mass is 10.3. The van der Waals surface area contributed by atoms with Crippen molar-refractivity contribution in [2.45, 2.75) is 6.42 Å². The van der Waals surface area contributed by atoms with Crippen LogP contribution in [0, 0.1) is 0 Å². The molecule has 0 amide bonds. The minimum atomic E-state index is -3.39. The van der Waals surface area contributed by atoms with Crippen molar-refractivity contribution in [1.29, 1.82) is 0 Å². The van der Waals surface area contributed by atoms with Gasteiger partial charge in [-0.15, -0.1) is 11.6 Å². The average molecular weight is 322 g/mol. The first-order valence-electron chi connectivity index (χ1n) is 5.83. The fraction of sp³-hybridized carbons (Fsp3) is 0.417. The Hall–Kier alpha value is -1.47. The number of rotatable bonds is 8. The minimum Gasteiger partial charge on any atom is -0.482 e. The van der Waals surface area contributed by atoms with Crippen LogP contribution in [-0.2, 0) is 19.6 Å². The van der Waals surface area contributed by atoms with Gasteiger partial charge in [0.15, 0.2) is 6.61 Å². The second-order valence-corrected chi connectivity index (χ2v) is 6.07. The number of sulfonamides is 1.